The first-order valence-corrected chi connectivity index (χ1v) is 8.80. The molecule has 0 atom stereocenters. The first kappa shape index (κ1) is 24.5. The topological polar surface area (TPSA) is 74.8 Å². The Kier molecular flexibility index (Phi) is 11.3. The summed E-state index contributed by atoms with van der Waals surface area (Å²) in [6.07, 6.45) is 0. The van der Waals surface area contributed by atoms with Crippen LogP contribution in [0, 0.1) is 6.92 Å². The number of benzene rings is 1. The zero-order valence-corrected chi connectivity index (χ0v) is 19.1. The predicted molar refractivity (Wildman–Crippen MR) is 118 cm³/mol. The summed E-state index contributed by atoms with van der Waals surface area (Å²) >= 11 is 0. The minimum absolute atomic E-state index is 0. The minimum atomic E-state index is -0.242. The highest BCUT2D eigenvalue weighted by Gasteiger charge is 2.13. The number of carbonyl (C=O) groups excluding carboxylic acids is 1. The van der Waals surface area contributed by atoms with Gasteiger partial charge in [-0.05, 0) is 58.7 Å². The van der Waals surface area contributed by atoms with Crippen LogP contribution in [-0.2, 0) is 11.3 Å². The van der Waals surface area contributed by atoms with Gasteiger partial charge in [0, 0.05) is 12.1 Å². The number of nitrogens with zero attached hydrogens (tertiary/aromatic N) is 1. The zero-order chi connectivity index (χ0) is 18.9. The Labute approximate surface area is 174 Å². The van der Waals surface area contributed by atoms with E-state index < -0.39 is 0 Å². The molecule has 3 N–H and O–H groups in total. The van der Waals surface area contributed by atoms with Gasteiger partial charge in [0.15, 0.2) is 5.96 Å². The van der Waals surface area contributed by atoms with Crippen LogP contribution in [0.5, 0.6) is 5.75 Å². The molecule has 0 aliphatic rings. The van der Waals surface area contributed by atoms with Crippen LogP contribution in [0.1, 0.15) is 45.7 Å². The first-order chi connectivity index (χ1) is 11.7. The zero-order valence-electron chi connectivity index (χ0n) is 16.7. The molecule has 0 aliphatic heterocycles. The van der Waals surface area contributed by atoms with Crippen LogP contribution in [0.4, 0.5) is 0 Å². The molecule has 148 valence electrons. The maximum atomic E-state index is 11.9. The quantitative estimate of drug-likeness (QED) is 0.322. The second-order valence-electron chi connectivity index (χ2n) is 6.88. The number of amides is 1. The summed E-state index contributed by atoms with van der Waals surface area (Å²) < 4.78 is 5.56. The number of aryl methyl sites for hydroxylation is 1. The van der Waals surface area contributed by atoms with Gasteiger partial charge in [-0.1, -0.05) is 12.1 Å². The number of hydrogen-bond acceptors (Lipinski definition) is 3. The fraction of sp³-hybridized carbons (Fsp3) is 0.579. The lowest BCUT2D eigenvalue weighted by molar-refractivity contribution is -0.121. The van der Waals surface area contributed by atoms with Gasteiger partial charge in [0.2, 0.25) is 5.91 Å². The Bertz CT molecular complexity index is 598. The minimum Gasteiger partial charge on any atom is -0.494 e. The molecular weight excluding hydrogens is 443 g/mol. The van der Waals surface area contributed by atoms with Gasteiger partial charge < -0.3 is 20.7 Å². The maximum absolute atomic E-state index is 11.9. The van der Waals surface area contributed by atoms with Gasteiger partial charge in [-0.2, -0.15) is 0 Å². The number of carbonyl (C=O) groups is 1. The van der Waals surface area contributed by atoms with Gasteiger partial charge >= 0.3 is 0 Å². The average Bonchev–Trinajstić information content (AvgIpc) is 2.51. The first-order valence-electron chi connectivity index (χ1n) is 8.80. The van der Waals surface area contributed by atoms with Gasteiger partial charge in [0.25, 0.3) is 0 Å². The van der Waals surface area contributed by atoms with E-state index in [4.69, 9.17) is 4.74 Å². The number of halogens is 1. The lowest BCUT2D eigenvalue weighted by Gasteiger charge is -2.21. The average molecular weight is 476 g/mol. The van der Waals surface area contributed by atoms with E-state index in [1.807, 2.05) is 53.7 Å². The summed E-state index contributed by atoms with van der Waals surface area (Å²) in [6, 6.07) is 6.06. The second kappa shape index (κ2) is 12.0. The largest absolute Gasteiger partial charge is 0.494 e. The number of nitrogens with one attached hydrogen (secondary N) is 3. The highest BCUT2D eigenvalue weighted by Crippen LogP contribution is 2.19. The Morgan fingerprint density at radius 3 is 2.42 bits per heavy atom. The number of guanidine groups is 1. The van der Waals surface area contributed by atoms with E-state index in [2.05, 4.69) is 27.0 Å². The van der Waals surface area contributed by atoms with Gasteiger partial charge in [-0.25, -0.2) is 4.99 Å². The normalized spacial score (nSPS) is 11.4. The molecule has 26 heavy (non-hydrogen) atoms. The van der Waals surface area contributed by atoms with Crippen molar-refractivity contribution in [2.75, 3.05) is 19.7 Å². The second-order valence-corrected chi connectivity index (χ2v) is 6.88. The fourth-order valence-electron chi connectivity index (χ4n) is 2.27. The summed E-state index contributed by atoms with van der Waals surface area (Å²) in [5.41, 5.74) is 1.95. The van der Waals surface area contributed by atoms with Crippen molar-refractivity contribution >= 4 is 35.8 Å². The van der Waals surface area contributed by atoms with Crippen LogP contribution in [0.2, 0.25) is 0 Å². The molecule has 0 aromatic heterocycles. The van der Waals surface area contributed by atoms with Crippen LogP contribution in [0.25, 0.3) is 0 Å². The molecule has 0 aliphatic carbocycles. The summed E-state index contributed by atoms with van der Waals surface area (Å²) in [7, 11) is 0. The van der Waals surface area contributed by atoms with Crippen LogP contribution in [-0.4, -0.2) is 37.1 Å². The third-order valence-electron chi connectivity index (χ3n) is 3.23. The van der Waals surface area contributed by atoms with Crippen molar-refractivity contribution in [3.8, 4) is 5.75 Å². The molecule has 0 saturated heterocycles. The van der Waals surface area contributed by atoms with Gasteiger partial charge in [-0.15, -0.1) is 24.0 Å². The van der Waals surface area contributed by atoms with E-state index in [0.717, 1.165) is 23.4 Å². The summed E-state index contributed by atoms with van der Waals surface area (Å²) in [6.45, 7) is 14.0. The molecule has 1 rings (SSSR count). The molecule has 6 nitrogen and oxygen atoms in total. The molecule has 1 amide bonds. The van der Waals surface area contributed by atoms with E-state index in [1.54, 1.807) is 0 Å². The molecule has 7 heteroatoms. The van der Waals surface area contributed by atoms with Gasteiger partial charge in [0.1, 0.15) is 5.75 Å². The Morgan fingerprint density at radius 2 is 1.88 bits per heavy atom. The van der Waals surface area contributed by atoms with Crippen molar-refractivity contribution < 1.29 is 9.53 Å². The molecular formula is C19H33IN4O2. The third-order valence-corrected chi connectivity index (χ3v) is 3.23. The van der Waals surface area contributed by atoms with Crippen LogP contribution < -0.4 is 20.7 Å². The lowest BCUT2D eigenvalue weighted by Crippen LogP contribution is -2.48. The Morgan fingerprint density at radius 1 is 1.19 bits per heavy atom. The summed E-state index contributed by atoms with van der Waals surface area (Å²) in [5, 5.41) is 9.13. The lowest BCUT2D eigenvalue weighted by atomic mass is 10.1. The van der Waals surface area contributed by atoms with Gasteiger partial charge in [-0.3, -0.25) is 4.79 Å². The van der Waals surface area contributed by atoms with Crippen molar-refractivity contribution in [3.05, 3.63) is 29.3 Å². The molecule has 0 unspecified atom stereocenters. The molecule has 1 aromatic carbocycles. The smallest absolute Gasteiger partial charge is 0.239 e. The van der Waals surface area contributed by atoms with Crippen molar-refractivity contribution in [3.63, 3.8) is 0 Å². The van der Waals surface area contributed by atoms with Crippen molar-refractivity contribution in [1.82, 2.24) is 16.0 Å². The van der Waals surface area contributed by atoms with Gasteiger partial charge in [0.05, 0.1) is 19.7 Å². The number of aliphatic imine (C=N–C) groups is 1. The van der Waals surface area contributed by atoms with E-state index >= 15 is 0 Å². The highest BCUT2D eigenvalue weighted by molar-refractivity contribution is 14.0. The molecule has 0 fully saturated rings. The van der Waals surface area contributed by atoms with E-state index in [0.29, 0.717) is 19.1 Å². The molecule has 0 radical (unpaired) electrons. The fourth-order valence-corrected chi connectivity index (χ4v) is 2.27. The van der Waals surface area contributed by atoms with Crippen LogP contribution in [0.15, 0.2) is 23.2 Å². The molecule has 0 bridgehead atoms. The number of ether oxygens (including phenoxy) is 1. The van der Waals surface area contributed by atoms with Crippen LogP contribution >= 0.6 is 24.0 Å². The maximum Gasteiger partial charge on any atom is 0.239 e. The molecule has 0 heterocycles. The molecule has 0 spiro atoms. The van der Waals surface area contributed by atoms with E-state index in [1.165, 1.54) is 0 Å². The summed E-state index contributed by atoms with van der Waals surface area (Å²) in [5.74, 6) is 1.47. The SMILES string of the molecule is CCNC(=NCc1ccc(OCC)c(C)c1)NCC(=O)NC(C)(C)C.I. The third kappa shape index (κ3) is 9.84. The van der Waals surface area contributed by atoms with Crippen molar-refractivity contribution in [1.29, 1.82) is 0 Å². The van der Waals surface area contributed by atoms with Crippen molar-refractivity contribution in [2.24, 2.45) is 4.99 Å². The Balaban J connectivity index is 0.00000625. The highest BCUT2D eigenvalue weighted by atomic mass is 127. The number of rotatable bonds is 7. The monoisotopic (exact) mass is 476 g/mol. The standard InChI is InChI=1S/C19H32N4O2.HI/c1-7-20-18(22-13-17(24)23-19(4,5)6)21-12-15-9-10-16(25-8-2)14(3)11-15;/h9-11H,7-8,12-13H2,1-6H3,(H,23,24)(H2,20,21,22);1H. The molecule has 1 aromatic rings. The molecule has 0 saturated carbocycles. The summed E-state index contributed by atoms with van der Waals surface area (Å²) in [4.78, 5) is 16.5. The van der Waals surface area contributed by atoms with E-state index in [-0.39, 0.29) is 42.0 Å². The van der Waals surface area contributed by atoms with Crippen molar-refractivity contribution in [2.45, 2.75) is 53.6 Å². The Hall–Kier alpha value is -1.51. The predicted octanol–water partition coefficient (Wildman–Crippen LogP) is 2.98. The number of hydrogen-bond donors (Lipinski definition) is 3. The van der Waals surface area contributed by atoms with Crippen LogP contribution in [0.3, 0.4) is 0 Å². The van der Waals surface area contributed by atoms with E-state index in [9.17, 15) is 4.79 Å².